The quantitative estimate of drug-likeness (QED) is 0.709. The van der Waals surface area contributed by atoms with Crippen LogP contribution < -0.4 is 0 Å². The first-order valence-corrected chi connectivity index (χ1v) is 6.70. The Labute approximate surface area is 97.8 Å². The van der Waals surface area contributed by atoms with E-state index in [1.54, 1.807) is 0 Å². The Bertz CT molecular complexity index is 203. The first kappa shape index (κ1) is 12.3. The van der Waals surface area contributed by atoms with Crippen molar-refractivity contribution in [3.63, 3.8) is 0 Å². The van der Waals surface area contributed by atoms with Crippen LogP contribution in [-0.4, -0.2) is 35.1 Å². The zero-order valence-electron chi connectivity index (χ0n) is 10.0. The highest BCUT2D eigenvalue weighted by molar-refractivity contribution is 4.92. The van der Waals surface area contributed by atoms with E-state index in [0.717, 1.165) is 45.1 Å². The van der Waals surface area contributed by atoms with Crippen LogP contribution in [0.3, 0.4) is 0 Å². The standard InChI is InChI=1S/C13H24O3/c14-12(11-6-5-9-16-10-11)13(15)7-3-1-2-4-8-13/h11-12,14-15H,1-10H2. The van der Waals surface area contributed by atoms with Crippen LogP contribution in [0.2, 0.25) is 0 Å². The smallest absolute Gasteiger partial charge is 0.0909 e. The molecule has 2 N–H and O–H groups in total. The van der Waals surface area contributed by atoms with Crippen LogP contribution in [0.1, 0.15) is 51.4 Å². The second kappa shape index (κ2) is 5.48. The van der Waals surface area contributed by atoms with E-state index in [9.17, 15) is 10.2 Å². The van der Waals surface area contributed by atoms with Gasteiger partial charge in [0.25, 0.3) is 0 Å². The van der Waals surface area contributed by atoms with Gasteiger partial charge in [-0.2, -0.15) is 0 Å². The summed E-state index contributed by atoms with van der Waals surface area (Å²) >= 11 is 0. The molecule has 0 radical (unpaired) electrons. The summed E-state index contributed by atoms with van der Waals surface area (Å²) in [5, 5.41) is 20.9. The number of aliphatic hydroxyl groups is 2. The first-order chi connectivity index (χ1) is 7.72. The van der Waals surface area contributed by atoms with Crippen molar-refractivity contribution in [2.24, 2.45) is 5.92 Å². The SMILES string of the molecule is OC(C1CCCOC1)C1(O)CCCCCC1. The topological polar surface area (TPSA) is 49.7 Å². The molecule has 2 atom stereocenters. The molecule has 2 rings (SSSR count). The van der Waals surface area contributed by atoms with Gasteiger partial charge >= 0.3 is 0 Å². The highest BCUT2D eigenvalue weighted by Crippen LogP contribution is 2.34. The molecule has 0 bridgehead atoms. The molecule has 0 spiro atoms. The Hall–Kier alpha value is -0.120. The van der Waals surface area contributed by atoms with Gasteiger partial charge in [-0.15, -0.1) is 0 Å². The largest absolute Gasteiger partial charge is 0.390 e. The van der Waals surface area contributed by atoms with Gasteiger partial charge in [0.05, 0.1) is 18.3 Å². The van der Waals surface area contributed by atoms with Gasteiger partial charge in [-0.25, -0.2) is 0 Å². The number of hydrogen-bond acceptors (Lipinski definition) is 3. The fourth-order valence-corrected chi connectivity index (χ4v) is 3.09. The molecule has 94 valence electrons. The van der Waals surface area contributed by atoms with Crippen LogP contribution in [0.25, 0.3) is 0 Å². The lowest BCUT2D eigenvalue weighted by Gasteiger charge is -2.38. The Morgan fingerprint density at radius 3 is 2.31 bits per heavy atom. The molecule has 3 nitrogen and oxygen atoms in total. The van der Waals surface area contributed by atoms with E-state index in [1.807, 2.05) is 0 Å². The lowest BCUT2D eigenvalue weighted by atomic mass is 9.79. The van der Waals surface area contributed by atoms with Gasteiger partial charge in [-0.05, 0) is 25.7 Å². The van der Waals surface area contributed by atoms with Crippen molar-refractivity contribution in [1.82, 2.24) is 0 Å². The Morgan fingerprint density at radius 2 is 1.75 bits per heavy atom. The van der Waals surface area contributed by atoms with Crippen LogP contribution in [-0.2, 0) is 4.74 Å². The summed E-state index contributed by atoms with van der Waals surface area (Å²) in [6, 6.07) is 0. The lowest BCUT2D eigenvalue weighted by molar-refractivity contribution is -0.131. The van der Waals surface area contributed by atoms with E-state index in [-0.39, 0.29) is 5.92 Å². The maximum atomic E-state index is 10.6. The maximum absolute atomic E-state index is 10.6. The van der Waals surface area contributed by atoms with E-state index in [0.29, 0.717) is 6.61 Å². The van der Waals surface area contributed by atoms with Gasteiger partial charge in [0.2, 0.25) is 0 Å². The third-order valence-electron chi connectivity index (χ3n) is 4.16. The van der Waals surface area contributed by atoms with Gasteiger partial charge in [0.1, 0.15) is 0 Å². The highest BCUT2D eigenvalue weighted by atomic mass is 16.5. The molecule has 1 aliphatic heterocycles. The molecule has 3 heteroatoms. The Morgan fingerprint density at radius 1 is 1.06 bits per heavy atom. The minimum atomic E-state index is -0.845. The van der Waals surface area contributed by atoms with Crippen LogP contribution >= 0.6 is 0 Å². The zero-order valence-corrected chi connectivity index (χ0v) is 10.0. The van der Waals surface area contributed by atoms with Crippen molar-refractivity contribution in [3.8, 4) is 0 Å². The van der Waals surface area contributed by atoms with Crippen molar-refractivity contribution >= 4 is 0 Å². The van der Waals surface area contributed by atoms with Gasteiger partial charge in [0, 0.05) is 12.5 Å². The lowest BCUT2D eigenvalue weighted by Crippen LogP contribution is -2.48. The fourth-order valence-electron chi connectivity index (χ4n) is 3.09. The van der Waals surface area contributed by atoms with E-state index in [4.69, 9.17) is 4.74 Å². The highest BCUT2D eigenvalue weighted by Gasteiger charge is 2.40. The molecule has 0 amide bonds. The van der Waals surface area contributed by atoms with E-state index < -0.39 is 11.7 Å². The summed E-state index contributed by atoms with van der Waals surface area (Å²) in [5.41, 5.74) is -0.845. The molecular formula is C13H24O3. The van der Waals surface area contributed by atoms with Crippen LogP contribution in [0.5, 0.6) is 0 Å². The maximum Gasteiger partial charge on any atom is 0.0909 e. The van der Waals surface area contributed by atoms with Gasteiger partial charge in [0.15, 0.2) is 0 Å². The monoisotopic (exact) mass is 228 g/mol. The minimum absolute atomic E-state index is 0.136. The molecule has 2 fully saturated rings. The molecule has 0 aromatic carbocycles. The number of ether oxygens (including phenoxy) is 1. The average molecular weight is 228 g/mol. The first-order valence-electron chi connectivity index (χ1n) is 6.70. The molecule has 1 saturated carbocycles. The second-order valence-corrected chi connectivity index (χ2v) is 5.44. The van der Waals surface area contributed by atoms with E-state index >= 15 is 0 Å². The molecule has 0 aromatic rings. The summed E-state index contributed by atoms with van der Waals surface area (Å²) in [5.74, 6) is 0.136. The summed E-state index contributed by atoms with van der Waals surface area (Å²) in [4.78, 5) is 0. The van der Waals surface area contributed by atoms with Crippen molar-refractivity contribution in [3.05, 3.63) is 0 Å². The second-order valence-electron chi connectivity index (χ2n) is 5.44. The molecule has 0 aromatic heterocycles. The van der Waals surface area contributed by atoms with Crippen LogP contribution in [0.15, 0.2) is 0 Å². The molecule has 16 heavy (non-hydrogen) atoms. The normalized spacial score (nSPS) is 33.0. The number of aliphatic hydroxyl groups excluding tert-OH is 1. The molecule has 1 aliphatic carbocycles. The Kier molecular flexibility index (Phi) is 4.22. The zero-order chi connectivity index (χ0) is 11.4. The molecule has 1 heterocycles. The number of hydrogen-bond donors (Lipinski definition) is 2. The van der Waals surface area contributed by atoms with Gasteiger partial charge < -0.3 is 14.9 Å². The molecular weight excluding hydrogens is 204 g/mol. The van der Waals surface area contributed by atoms with Crippen LogP contribution in [0, 0.1) is 5.92 Å². The molecule has 2 unspecified atom stereocenters. The fraction of sp³-hybridized carbons (Fsp3) is 1.00. The third-order valence-corrected chi connectivity index (χ3v) is 4.16. The average Bonchev–Trinajstić information content (AvgIpc) is 2.55. The molecule has 2 aliphatic rings. The van der Waals surface area contributed by atoms with Gasteiger partial charge in [-0.3, -0.25) is 0 Å². The van der Waals surface area contributed by atoms with Gasteiger partial charge in [-0.1, -0.05) is 25.7 Å². The van der Waals surface area contributed by atoms with Crippen molar-refractivity contribution in [2.45, 2.75) is 63.1 Å². The van der Waals surface area contributed by atoms with Crippen molar-refractivity contribution < 1.29 is 14.9 Å². The summed E-state index contributed by atoms with van der Waals surface area (Å²) in [6.45, 7) is 1.42. The van der Waals surface area contributed by atoms with E-state index in [1.165, 1.54) is 12.8 Å². The van der Waals surface area contributed by atoms with Crippen LogP contribution in [0.4, 0.5) is 0 Å². The number of rotatable bonds is 2. The van der Waals surface area contributed by atoms with Crippen molar-refractivity contribution in [2.75, 3.05) is 13.2 Å². The predicted octanol–water partition coefficient (Wildman–Crippen LogP) is 1.86. The summed E-state index contributed by atoms with van der Waals surface area (Å²) < 4.78 is 5.40. The minimum Gasteiger partial charge on any atom is -0.390 e. The summed E-state index contributed by atoms with van der Waals surface area (Å²) in [7, 11) is 0. The Balaban J connectivity index is 1.96. The van der Waals surface area contributed by atoms with Crippen molar-refractivity contribution in [1.29, 1.82) is 0 Å². The predicted molar refractivity (Wildman–Crippen MR) is 62.2 cm³/mol. The molecule has 1 saturated heterocycles. The van der Waals surface area contributed by atoms with E-state index in [2.05, 4.69) is 0 Å². The summed E-state index contributed by atoms with van der Waals surface area (Å²) in [6.07, 6.45) is 7.39. The third kappa shape index (κ3) is 2.76.